The van der Waals surface area contributed by atoms with Crippen molar-refractivity contribution >= 4 is 5.91 Å². The Kier molecular flexibility index (Phi) is 5.81. The highest BCUT2D eigenvalue weighted by Crippen LogP contribution is 2.33. The van der Waals surface area contributed by atoms with Crippen molar-refractivity contribution in [1.29, 1.82) is 0 Å². The van der Waals surface area contributed by atoms with Crippen LogP contribution < -0.4 is 5.32 Å². The van der Waals surface area contributed by atoms with Crippen LogP contribution in [0.4, 0.5) is 0 Å². The molecule has 0 bridgehead atoms. The highest BCUT2D eigenvalue weighted by atomic mass is 16.5. The summed E-state index contributed by atoms with van der Waals surface area (Å²) in [5.74, 6) is 1.43. The van der Waals surface area contributed by atoms with Crippen molar-refractivity contribution < 1.29 is 9.53 Å². The molecule has 94 valence electrons. The average molecular weight is 227 g/mol. The third kappa shape index (κ3) is 3.78. The van der Waals surface area contributed by atoms with Crippen LogP contribution in [0.5, 0.6) is 0 Å². The maximum Gasteiger partial charge on any atom is 0.246 e. The summed E-state index contributed by atoms with van der Waals surface area (Å²) in [6, 6.07) is 0.364. The number of hydrogen-bond donors (Lipinski definition) is 1. The van der Waals surface area contributed by atoms with Crippen LogP contribution in [0.15, 0.2) is 0 Å². The lowest BCUT2D eigenvalue weighted by molar-refractivity contribution is -0.126. The number of carbonyl (C=O) groups is 1. The van der Waals surface area contributed by atoms with Gasteiger partial charge in [0.15, 0.2) is 0 Å². The number of amides is 1. The molecule has 1 aliphatic rings. The van der Waals surface area contributed by atoms with E-state index in [0.29, 0.717) is 18.6 Å². The van der Waals surface area contributed by atoms with E-state index in [0.717, 1.165) is 18.8 Å². The maximum atomic E-state index is 11.6. The van der Waals surface area contributed by atoms with Crippen LogP contribution in [0.1, 0.15) is 46.5 Å². The highest BCUT2D eigenvalue weighted by Gasteiger charge is 2.32. The molecule has 3 atom stereocenters. The van der Waals surface area contributed by atoms with E-state index in [4.69, 9.17) is 4.74 Å². The van der Waals surface area contributed by atoms with E-state index in [9.17, 15) is 4.79 Å². The number of carbonyl (C=O) groups excluding carboxylic acids is 1. The fraction of sp³-hybridized carbons (Fsp3) is 0.923. The van der Waals surface area contributed by atoms with E-state index in [1.165, 1.54) is 12.8 Å². The summed E-state index contributed by atoms with van der Waals surface area (Å²) in [5, 5.41) is 3.09. The first-order valence-electron chi connectivity index (χ1n) is 6.56. The molecule has 1 aliphatic carbocycles. The van der Waals surface area contributed by atoms with Gasteiger partial charge in [0.25, 0.3) is 0 Å². The first kappa shape index (κ1) is 13.5. The molecule has 0 aliphatic heterocycles. The molecular weight excluding hydrogens is 202 g/mol. The van der Waals surface area contributed by atoms with Crippen molar-refractivity contribution in [2.24, 2.45) is 11.8 Å². The molecule has 3 nitrogen and oxygen atoms in total. The molecule has 0 aromatic rings. The largest absolute Gasteiger partial charge is 0.372 e. The molecule has 1 saturated carbocycles. The van der Waals surface area contributed by atoms with Gasteiger partial charge in [-0.1, -0.05) is 27.2 Å². The van der Waals surface area contributed by atoms with Crippen molar-refractivity contribution in [2.75, 3.05) is 13.2 Å². The summed E-state index contributed by atoms with van der Waals surface area (Å²) >= 11 is 0. The first-order chi connectivity index (χ1) is 7.69. The van der Waals surface area contributed by atoms with E-state index in [1.807, 2.05) is 6.92 Å². The van der Waals surface area contributed by atoms with Crippen molar-refractivity contribution in [3.8, 4) is 0 Å². The lowest BCUT2D eigenvalue weighted by Gasteiger charge is -2.20. The van der Waals surface area contributed by atoms with Crippen LogP contribution in [0.25, 0.3) is 0 Å². The van der Waals surface area contributed by atoms with E-state index >= 15 is 0 Å². The van der Waals surface area contributed by atoms with E-state index < -0.39 is 0 Å². The Morgan fingerprint density at radius 2 is 2.12 bits per heavy atom. The Labute approximate surface area is 98.9 Å². The van der Waals surface area contributed by atoms with Gasteiger partial charge in [-0.25, -0.2) is 0 Å². The maximum absolute atomic E-state index is 11.6. The minimum Gasteiger partial charge on any atom is -0.372 e. The van der Waals surface area contributed by atoms with Gasteiger partial charge in [0.1, 0.15) is 6.61 Å². The SMILES string of the molecule is CCCOCC(=O)NC1CCC(CC)C1C. The van der Waals surface area contributed by atoms with Gasteiger partial charge in [0.2, 0.25) is 5.91 Å². The quantitative estimate of drug-likeness (QED) is 0.707. The molecule has 1 N–H and O–H groups in total. The molecule has 16 heavy (non-hydrogen) atoms. The number of ether oxygens (including phenoxy) is 1. The van der Waals surface area contributed by atoms with Crippen LogP contribution in [-0.4, -0.2) is 25.2 Å². The highest BCUT2D eigenvalue weighted by molar-refractivity contribution is 5.77. The molecule has 1 fully saturated rings. The predicted octanol–water partition coefficient (Wildman–Crippen LogP) is 2.35. The summed E-state index contributed by atoms with van der Waals surface area (Å²) in [6.45, 7) is 7.41. The Morgan fingerprint density at radius 3 is 2.69 bits per heavy atom. The number of rotatable bonds is 6. The molecule has 1 rings (SSSR count). The lowest BCUT2D eigenvalue weighted by atomic mass is 9.93. The molecule has 0 spiro atoms. The third-order valence-electron chi connectivity index (χ3n) is 3.68. The monoisotopic (exact) mass is 227 g/mol. The molecule has 0 aromatic carbocycles. The minimum absolute atomic E-state index is 0.0436. The first-order valence-corrected chi connectivity index (χ1v) is 6.56. The number of nitrogens with one attached hydrogen (secondary N) is 1. The Balaban J connectivity index is 2.24. The van der Waals surface area contributed by atoms with Crippen molar-refractivity contribution in [2.45, 2.75) is 52.5 Å². The van der Waals surface area contributed by atoms with Crippen molar-refractivity contribution in [1.82, 2.24) is 5.32 Å². The Bertz CT molecular complexity index is 218. The van der Waals surface area contributed by atoms with Gasteiger partial charge >= 0.3 is 0 Å². The van der Waals surface area contributed by atoms with Crippen LogP contribution in [0.3, 0.4) is 0 Å². The fourth-order valence-electron chi connectivity index (χ4n) is 2.59. The second-order valence-electron chi connectivity index (χ2n) is 4.83. The molecule has 0 heterocycles. The molecule has 0 radical (unpaired) electrons. The van der Waals surface area contributed by atoms with E-state index in [-0.39, 0.29) is 12.5 Å². The average Bonchev–Trinajstić information content (AvgIpc) is 2.60. The van der Waals surface area contributed by atoms with Gasteiger partial charge in [-0.2, -0.15) is 0 Å². The lowest BCUT2D eigenvalue weighted by Crippen LogP contribution is -2.39. The van der Waals surface area contributed by atoms with Gasteiger partial charge in [-0.05, 0) is 31.1 Å². The summed E-state index contributed by atoms with van der Waals surface area (Å²) in [7, 11) is 0. The van der Waals surface area contributed by atoms with Gasteiger partial charge in [-0.15, -0.1) is 0 Å². The second kappa shape index (κ2) is 6.89. The predicted molar refractivity (Wildman–Crippen MR) is 65.2 cm³/mol. The topological polar surface area (TPSA) is 38.3 Å². The molecular formula is C13H25NO2. The molecule has 3 unspecified atom stereocenters. The van der Waals surface area contributed by atoms with E-state index in [1.54, 1.807) is 0 Å². The van der Waals surface area contributed by atoms with Crippen molar-refractivity contribution in [3.05, 3.63) is 0 Å². The molecule has 0 saturated heterocycles. The van der Waals surface area contributed by atoms with Crippen LogP contribution in [0.2, 0.25) is 0 Å². The van der Waals surface area contributed by atoms with Crippen LogP contribution in [-0.2, 0) is 9.53 Å². The molecule has 0 aromatic heterocycles. The standard InChI is InChI=1S/C13H25NO2/c1-4-8-16-9-13(15)14-12-7-6-11(5-2)10(12)3/h10-12H,4-9H2,1-3H3,(H,14,15). The van der Waals surface area contributed by atoms with Gasteiger partial charge in [0, 0.05) is 12.6 Å². The summed E-state index contributed by atoms with van der Waals surface area (Å²) in [6.07, 6.45) is 4.56. The van der Waals surface area contributed by atoms with Crippen LogP contribution in [0, 0.1) is 11.8 Å². The zero-order valence-corrected chi connectivity index (χ0v) is 10.8. The minimum atomic E-state index is 0.0436. The van der Waals surface area contributed by atoms with E-state index in [2.05, 4.69) is 19.2 Å². The van der Waals surface area contributed by atoms with Crippen molar-refractivity contribution in [3.63, 3.8) is 0 Å². The van der Waals surface area contributed by atoms with Crippen LogP contribution >= 0.6 is 0 Å². The molecule has 3 heteroatoms. The van der Waals surface area contributed by atoms with Gasteiger partial charge < -0.3 is 10.1 Å². The summed E-state index contributed by atoms with van der Waals surface area (Å²) < 4.78 is 5.23. The fourth-order valence-corrected chi connectivity index (χ4v) is 2.59. The zero-order valence-electron chi connectivity index (χ0n) is 10.8. The zero-order chi connectivity index (χ0) is 12.0. The smallest absolute Gasteiger partial charge is 0.246 e. The second-order valence-corrected chi connectivity index (χ2v) is 4.83. The van der Waals surface area contributed by atoms with Gasteiger partial charge in [-0.3, -0.25) is 4.79 Å². The Morgan fingerprint density at radius 1 is 1.38 bits per heavy atom. The normalized spacial score (nSPS) is 29.3. The third-order valence-corrected chi connectivity index (χ3v) is 3.68. The number of hydrogen-bond acceptors (Lipinski definition) is 2. The summed E-state index contributed by atoms with van der Waals surface area (Å²) in [4.78, 5) is 11.6. The summed E-state index contributed by atoms with van der Waals surface area (Å²) in [5.41, 5.74) is 0. The molecule has 1 amide bonds. The Hall–Kier alpha value is -0.570. The van der Waals surface area contributed by atoms with Gasteiger partial charge in [0.05, 0.1) is 0 Å².